The minimum atomic E-state index is 0.816. The van der Waals surface area contributed by atoms with E-state index in [0.29, 0.717) is 0 Å². The molecule has 0 aliphatic carbocycles. The van der Waals surface area contributed by atoms with Crippen LogP contribution in [0.1, 0.15) is 18.1 Å². The minimum Gasteiger partial charge on any atom is -0.378 e. The van der Waals surface area contributed by atoms with Crippen LogP contribution >= 0.6 is 0 Å². The molecule has 1 aromatic heterocycles. The van der Waals surface area contributed by atoms with Crippen LogP contribution in [0.3, 0.4) is 0 Å². The highest BCUT2D eigenvalue weighted by Crippen LogP contribution is 2.19. The topological polar surface area (TPSA) is 25.4 Å². The SMILES string of the molecule is CCc1cnc(N2CCOCC2)c(C)c1. The van der Waals surface area contributed by atoms with Gasteiger partial charge in [-0.3, -0.25) is 0 Å². The lowest BCUT2D eigenvalue weighted by Crippen LogP contribution is -2.37. The molecule has 0 amide bonds. The van der Waals surface area contributed by atoms with Gasteiger partial charge in [-0.2, -0.15) is 0 Å². The molecule has 1 saturated heterocycles. The van der Waals surface area contributed by atoms with Crippen molar-refractivity contribution in [2.75, 3.05) is 31.2 Å². The van der Waals surface area contributed by atoms with Crippen molar-refractivity contribution in [1.82, 2.24) is 4.98 Å². The number of pyridine rings is 1. The number of ether oxygens (including phenoxy) is 1. The van der Waals surface area contributed by atoms with Gasteiger partial charge >= 0.3 is 0 Å². The minimum absolute atomic E-state index is 0.816. The number of anilines is 1. The molecule has 0 saturated carbocycles. The highest BCUT2D eigenvalue weighted by atomic mass is 16.5. The van der Waals surface area contributed by atoms with Gasteiger partial charge in [-0.1, -0.05) is 13.0 Å². The molecular formula is C12H18N2O. The standard InChI is InChI=1S/C12H18N2O/c1-3-11-8-10(2)12(13-9-11)14-4-6-15-7-5-14/h8-9H,3-7H2,1-2H3. The Balaban J connectivity index is 2.19. The summed E-state index contributed by atoms with van der Waals surface area (Å²) in [5, 5.41) is 0. The molecule has 0 aromatic carbocycles. The van der Waals surface area contributed by atoms with E-state index in [1.54, 1.807) is 0 Å². The predicted octanol–water partition coefficient (Wildman–Crippen LogP) is 1.79. The first-order valence-electron chi connectivity index (χ1n) is 5.59. The Bertz CT molecular complexity index is 332. The van der Waals surface area contributed by atoms with Crippen LogP contribution in [0.15, 0.2) is 12.3 Å². The van der Waals surface area contributed by atoms with Crippen molar-refractivity contribution in [1.29, 1.82) is 0 Å². The average molecular weight is 206 g/mol. The highest BCUT2D eigenvalue weighted by molar-refractivity contribution is 5.47. The number of rotatable bonds is 2. The van der Waals surface area contributed by atoms with Crippen molar-refractivity contribution >= 4 is 5.82 Å². The first-order chi connectivity index (χ1) is 7.31. The zero-order chi connectivity index (χ0) is 10.7. The van der Waals surface area contributed by atoms with Crippen molar-refractivity contribution in [2.45, 2.75) is 20.3 Å². The van der Waals surface area contributed by atoms with E-state index in [1.807, 2.05) is 6.20 Å². The zero-order valence-electron chi connectivity index (χ0n) is 9.49. The zero-order valence-corrected chi connectivity index (χ0v) is 9.49. The first kappa shape index (κ1) is 10.4. The lowest BCUT2D eigenvalue weighted by Gasteiger charge is -2.29. The van der Waals surface area contributed by atoms with Gasteiger partial charge in [0.25, 0.3) is 0 Å². The van der Waals surface area contributed by atoms with Gasteiger partial charge in [0, 0.05) is 19.3 Å². The second-order valence-corrected chi connectivity index (χ2v) is 3.94. The molecule has 82 valence electrons. The van der Waals surface area contributed by atoms with E-state index in [-0.39, 0.29) is 0 Å². The van der Waals surface area contributed by atoms with Gasteiger partial charge in [0.05, 0.1) is 13.2 Å². The van der Waals surface area contributed by atoms with Gasteiger partial charge in [-0.05, 0) is 24.5 Å². The quantitative estimate of drug-likeness (QED) is 0.737. The van der Waals surface area contributed by atoms with Crippen LogP contribution in [0, 0.1) is 6.92 Å². The summed E-state index contributed by atoms with van der Waals surface area (Å²) < 4.78 is 5.34. The van der Waals surface area contributed by atoms with E-state index in [9.17, 15) is 0 Å². The molecule has 0 atom stereocenters. The summed E-state index contributed by atoms with van der Waals surface area (Å²) in [4.78, 5) is 6.85. The molecule has 0 unspecified atom stereocenters. The fraction of sp³-hybridized carbons (Fsp3) is 0.583. The Hall–Kier alpha value is -1.09. The van der Waals surface area contributed by atoms with Gasteiger partial charge in [0.1, 0.15) is 5.82 Å². The number of aromatic nitrogens is 1. The molecule has 1 fully saturated rings. The molecule has 2 heterocycles. The van der Waals surface area contributed by atoms with Crippen molar-refractivity contribution in [2.24, 2.45) is 0 Å². The van der Waals surface area contributed by atoms with Gasteiger partial charge < -0.3 is 9.64 Å². The summed E-state index contributed by atoms with van der Waals surface area (Å²) in [5.41, 5.74) is 2.58. The Morgan fingerprint density at radius 2 is 2.13 bits per heavy atom. The van der Waals surface area contributed by atoms with E-state index >= 15 is 0 Å². The fourth-order valence-electron chi connectivity index (χ4n) is 1.93. The Kier molecular flexibility index (Phi) is 3.21. The fourth-order valence-corrected chi connectivity index (χ4v) is 1.93. The van der Waals surface area contributed by atoms with Crippen molar-refractivity contribution in [3.05, 3.63) is 23.4 Å². The summed E-state index contributed by atoms with van der Waals surface area (Å²) in [6.07, 6.45) is 3.04. The van der Waals surface area contributed by atoms with Crippen LogP contribution in [0.2, 0.25) is 0 Å². The predicted molar refractivity (Wildman–Crippen MR) is 61.4 cm³/mol. The monoisotopic (exact) mass is 206 g/mol. The summed E-state index contributed by atoms with van der Waals surface area (Å²) in [7, 11) is 0. The summed E-state index contributed by atoms with van der Waals surface area (Å²) in [6, 6.07) is 2.23. The van der Waals surface area contributed by atoms with E-state index < -0.39 is 0 Å². The maximum absolute atomic E-state index is 5.34. The van der Waals surface area contributed by atoms with Crippen LogP contribution in [0.4, 0.5) is 5.82 Å². The molecular weight excluding hydrogens is 188 g/mol. The largest absolute Gasteiger partial charge is 0.378 e. The van der Waals surface area contributed by atoms with E-state index in [4.69, 9.17) is 4.74 Å². The second kappa shape index (κ2) is 4.62. The lowest BCUT2D eigenvalue weighted by atomic mass is 10.1. The van der Waals surface area contributed by atoms with Gasteiger partial charge in [-0.15, -0.1) is 0 Å². The Morgan fingerprint density at radius 1 is 1.40 bits per heavy atom. The number of morpholine rings is 1. The molecule has 2 rings (SSSR count). The van der Waals surface area contributed by atoms with Crippen LogP contribution in [0.25, 0.3) is 0 Å². The van der Waals surface area contributed by atoms with Crippen LogP contribution < -0.4 is 4.90 Å². The third-order valence-electron chi connectivity index (χ3n) is 2.83. The molecule has 3 nitrogen and oxygen atoms in total. The Morgan fingerprint density at radius 3 is 2.73 bits per heavy atom. The van der Waals surface area contributed by atoms with Crippen molar-refractivity contribution in [3.8, 4) is 0 Å². The van der Waals surface area contributed by atoms with Gasteiger partial charge in [0.2, 0.25) is 0 Å². The van der Waals surface area contributed by atoms with Crippen LogP contribution in [-0.2, 0) is 11.2 Å². The summed E-state index contributed by atoms with van der Waals surface area (Å²) in [5.74, 6) is 1.12. The maximum Gasteiger partial charge on any atom is 0.131 e. The lowest BCUT2D eigenvalue weighted by molar-refractivity contribution is 0.122. The molecule has 0 spiro atoms. The third kappa shape index (κ3) is 2.29. The smallest absolute Gasteiger partial charge is 0.131 e. The molecule has 0 bridgehead atoms. The number of aryl methyl sites for hydroxylation is 2. The number of hydrogen-bond acceptors (Lipinski definition) is 3. The molecule has 0 radical (unpaired) electrons. The van der Waals surface area contributed by atoms with Gasteiger partial charge in [-0.25, -0.2) is 4.98 Å². The van der Waals surface area contributed by atoms with E-state index in [1.165, 1.54) is 11.1 Å². The molecule has 0 N–H and O–H groups in total. The van der Waals surface area contributed by atoms with Gasteiger partial charge in [0.15, 0.2) is 0 Å². The summed E-state index contributed by atoms with van der Waals surface area (Å²) >= 11 is 0. The van der Waals surface area contributed by atoms with Crippen LogP contribution in [0.5, 0.6) is 0 Å². The molecule has 15 heavy (non-hydrogen) atoms. The first-order valence-corrected chi connectivity index (χ1v) is 5.59. The molecule has 1 aromatic rings. The highest BCUT2D eigenvalue weighted by Gasteiger charge is 2.14. The third-order valence-corrected chi connectivity index (χ3v) is 2.83. The summed E-state index contributed by atoms with van der Waals surface area (Å²) in [6.45, 7) is 7.84. The van der Waals surface area contributed by atoms with Crippen molar-refractivity contribution in [3.63, 3.8) is 0 Å². The van der Waals surface area contributed by atoms with Crippen molar-refractivity contribution < 1.29 is 4.74 Å². The Labute approximate surface area is 91.1 Å². The van der Waals surface area contributed by atoms with E-state index in [2.05, 4.69) is 29.8 Å². The van der Waals surface area contributed by atoms with E-state index in [0.717, 1.165) is 38.5 Å². The number of hydrogen-bond donors (Lipinski definition) is 0. The molecule has 1 aliphatic rings. The normalized spacial score (nSPS) is 16.8. The van der Waals surface area contributed by atoms with Crippen LogP contribution in [-0.4, -0.2) is 31.3 Å². The second-order valence-electron chi connectivity index (χ2n) is 3.94. The maximum atomic E-state index is 5.34. The average Bonchev–Trinajstić information content (AvgIpc) is 2.30. The molecule has 1 aliphatic heterocycles. The number of nitrogens with zero attached hydrogens (tertiary/aromatic N) is 2. The molecule has 3 heteroatoms.